The van der Waals surface area contributed by atoms with E-state index in [4.69, 9.17) is 14.2 Å². The summed E-state index contributed by atoms with van der Waals surface area (Å²) < 4.78 is 16.1. The Labute approximate surface area is 265 Å². The molecule has 2 heterocycles. The third kappa shape index (κ3) is 14.8. The number of esters is 2. The van der Waals surface area contributed by atoms with Crippen LogP contribution in [0.25, 0.3) is 0 Å². The van der Waals surface area contributed by atoms with E-state index in [1.165, 1.54) is 0 Å². The molecular formula is C31H51N3O7S2. The van der Waals surface area contributed by atoms with Crippen LogP contribution in [0, 0.1) is 0 Å². The van der Waals surface area contributed by atoms with Crippen LogP contribution in [-0.4, -0.2) is 84.1 Å². The van der Waals surface area contributed by atoms with Crippen molar-refractivity contribution in [2.75, 3.05) is 32.0 Å². The highest BCUT2D eigenvalue weighted by Gasteiger charge is 2.36. The first kappa shape index (κ1) is 36.9. The second-order valence-corrected chi connectivity index (χ2v) is 14.9. The van der Waals surface area contributed by atoms with E-state index in [0.717, 1.165) is 37.0 Å². The predicted molar refractivity (Wildman–Crippen MR) is 171 cm³/mol. The van der Waals surface area contributed by atoms with Crippen LogP contribution >= 0.6 is 23.1 Å². The second-order valence-electron chi connectivity index (χ2n) is 12.7. The Morgan fingerprint density at radius 1 is 1.02 bits per heavy atom. The summed E-state index contributed by atoms with van der Waals surface area (Å²) in [5.41, 5.74) is -1.18. The number of nitrogens with zero attached hydrogens (tertiary/aromatic N) is 1. The number of carbonyl (C=O) groups is 4. The molecule has 1 aromatic rings. The van der Waals surface area contributed by atoms with Crippen molar-refractivity contribution in [3.05, 3.63) is 22.4 Å². The van der Waals surface area contributed by atoms with Crippen LogP contribution in [0.15, 0.2) is 17.5 Å². The molecule has 1 fully saturated rings. The Balaban J connectivity index is 1.96. The maximum atomic E-state index is 13.7. The quantitative estimate of drug-likeness (QED) is 0.146. The lowest BCUT2D eigenvalue weighted by molar-refractivity contribution is -0.159. The minimum Gasteiger partial charge on any atom is -0.465 e. The van der Waals surface area contributed by atoms with Gasteiger partial charge in [0.25, 0.3) is 0 Å². The van der Waals surface area contributed by atoms with Gasteiger partial charge in [0.1, 0.15) is 23.8 Å². The summed E-state index contributed by atoms with van der Waals surface area (Å²) in [7, 11) is 0. The van der Waals surface area contributed by atoms with Gasteiger partial charge in [-0.05, 0) is 72.8 Å². The van der Waals surface area contributed by atoms with E-state index in [2.05, 4.69) is 10.6 Å². The van der Waals surface area contributed by atoms with Crippen molar-refractivity contribution in [2.24, 2.45) is 0 Å². The van der Waals surface area contributed by atoms with Crippen molar-refractivity contribution in [3.8, 4) is 0 Å². The minimum atomic E-state index is -0.658. The van der Waals surface area contributed by atoms with Gasteiger partial charge in [0.05, 0.1) is 17.9 Å². The highest BCUT2D eigenvalue weighted by atomic mass is 32.2. The van der Waals surface area contributed by atoms with Crippen LogP contribution in [0.4, 0.5) is 4.79 Å². The van der Waals surface area contributed by atoms with Gasteiger partial charge >= 0.3 is 18.0 Å². The lowest BCUT2D eigenvalue weighted by Gasteiger charge is -2.28. The molecule has 1 aliphatic rings. The van der Waals surface area contributed by atoms with Crippen LogP contribution in [0.1, 0.15) is 97.1 Å². The highest BCUT2D eigenvalue weighted by molar-refractivity contribution is 7.99. The molecule has 0 saturated carbocycles. The van der Waals surface area contributed by atoms with Crippen LogP contribution in [0.5, 0.6) is 0 Å². The lowest BCUT2D eigenvalue weighted by atomic mass is 10.0. The molecule has 0 aliphatic carbocycles. The zero-order valence-electron chi connectivity index (χ0n) is 26.9. The minimum absolute atomic E-state index is 0.0176. The van der Waals surface area contributed by atoms with Gasteiger partial charge in [0, 0.05) is 23.7 Å². The first-order chi connectivity index (χ1) is 20.2. The molecule has 2 rings (SSSR count). The number of hydrogen-bond donors (Lipinski definition) is 2. The van der Waals surface area contributed by atoms with Crippen molar-refractivity contribution >= 4 is 47.0 Å². The largest absolute Gasteiger partial charge is 0.465 e. The van der Waals surface area contributed by atoms with Gasteiger partial charge in [-0.25, -0.2) is 4.79 Å². The monoisotopic (exact) mass is 641 g/mol. The molecule has 12 heteroatoms. The molecule has 0 radical (unpaired) electrons. The average Bonchev–Trinajstić information content (AvgIpc) is 3.37. The molecule has 2 N–H and O–H groups in total. The number of unbranched alkanes of at least 4 members (excludes halogenated alkanes) is 4. The Bertz CT molecular complexity index is 1020. The van der Waals surface area contributed by atoms with Crippen molar-refractivity contribution < 1.29 is 33.4 Å². The van der Waals surface area contributed by atoms with Gasteiger partial charge in [-0.1, -0.05) is 31.7 Å². The number of ether oxygens (including phenoxy) is 3. The zero-order valence-corrected chi connectivity index (χ0v) is 28.5. The van der Waals surface area contributed by atoms with E-state index in [1.54, 1.807) is 55.7 Å². The van der Waals surface area contributed by atoms with E-state index in [-0.39, 0.29) is 30.3 Å². The zero-order chi connectivity index (χ0) is 32.0. The van der Waals surface area contributed by atoms with Crippen LogP contribution in [0.2, 0.25) is 0 Å². The molecule has 10 nitrogen and oxygen atoms in total. The summed E-state index contributed by atoms with van der Waals surface area (Å²) in [6.07, 6.45) is 4.54. The van der Waals surface area contributed by atoms with Crippen LogP contribution < -0.4 is 10.6 Å². The van der Waals surface area contributed by atoms with Gasteiger partial charge in [-0.2, -0.15) is 0 Å². The maximum absolute atomic E-state index is 13.7. The lowest BCUT2D eigenvalue weighted by Crippen LogP contribution is -2.54. The summed E-state index contributed by atoms with van der Waals surface area (Å²) in [6.45, 7) is 13.7. The van der Waals surface area contributed by atoms with Gasteiger partial charge in [-0.3, -0.25) is 19.7 Å². The Morgan fingerprint density at radius 2 is 1.70 bits per heavy atom. The molecule has 1 saturated heterocycles. The third-order valence-corrected chi connectivity index (χ3v) is 8.84. The van der Waals surface area contributed by atoms with Crippen molar-refractivity contribution in [2.45, 2.75) is 116 Å². The number of thiophene rings is 1. The smallest absolute Gasteiger partial charge is 0.407 e. The highest BCUT2D eigenvalue weighted by Crippen LogP contribution is 2.36. The van der Waals surface area contributed by atoms with E-state index < -0.39 is 35.3 Å². The molecule has 0 spiro atoms. The van der Waals surface area contributed by atoms with Crippen molar-refractivity contribution in [1.29, 1.82) is 0 Å². The predicted octanol–water partition coefficient (Wildman–Crippen LogP) is 5.46. The average molecular weight is 642 g/mol. The molecule has 1 aliphatic heterocycles. The Hall–Kier alpha value is -2.31. The molecule has 43 heavy (non-hydrogen) atoms. The number of hydrogen-bond acceptors (Lipinski definition) is 10. The number of alkyl carbamates (subject to hydrolysis) is 1. The fourth-order valence-corrected chi connectivity index (χ4v) is 6.81. The molecular weight excluding hydrogens is 590 g/mol. The normalized spacial score (nSPS) is 18.5. The summed E-state index contributed by atoms with van der Waals surface area (Å²) in [6, 6.07) is 2.74. The molecule has 0 bridgehead atoms. The number of carbonyl (C=O) groups excluding carboxylic acids is 4. The molecule has 2 amide bonds. The molecule has 1 unspecified atom stereocenters. The number of rotatable bonds is 15. The van der Waals surface area contributed by atoms with Gasteiger partial charge in [0.15, 0.2) is 0 Å². The Kier molecular flexibility index (Phi) is 15.3. The third-order valence-electron chi connectivity index (χ3n) is 6.37. The number of nitrogens with one attached hydrogen (secondary N) is 2. The topological polar surface area (TPSA) is 123 Å². The van der Waals surface area contributed by atoms with Crippen molar-refractivity contribution in [1.82, 2.24) is 15.5 Å². The Morgan fingerprint density at radius 3 is 2.33 bits per heavy atom. The fourth-order valence-electron chi connectivity index (χ4n) is 4.55. The summed E-state index contributed by atoms with van der Waals surface area (Å²) in [5.74, 6) is -0.587. The van der Waals surface area contributed by atoms with Crippen LogP contribution in [-0.2, 0) is 28.6 Å². The summed E-state index contributed by atoms with van der Waals surface area (Å²) in [4.78, 5) is 53.8. The second kappa shape index (κ2) is 17.9. The number of amides is 2. The SMILES string of the molecule is CCOC(=O)C(CCCCCCCNC(=O)OC(C)(C)C)N[C@H]1CS[C@H](c2cccs2)CN(CC(=O)OC(C)(C)C)C1=O. The number of thioether (sulfide) groups is 1. The summed E-state index contributed by atoms with van der Waals surface area (Å²) in [5, 5.41) is 8.09. The molecule has 244 valence electrons. The molecule has 0 aromatic carbocycles. The van der Waals surface area contributed by atoms with Crippen LogP contribution in [0.3, 0.4) is 0 Å². The van der Waals surface area contributed by atoms with E-state index >= 15 is 0 Å². The van der Waals surface area contributed by atoms with E-state index in [9.17, 15) is 19.2 Å². The van der Waals surface area contributed by atoms with Gasteiger partial charge in [0.2, 0.25) is 5.91 Å². The first-order valence-electron chi connectivity index (χ1n) is 15.2. The standard InChI is InChI=1S/C31H51N3O7S2/c1-8-39-28(37)22(15-12-10-9-11-13-17-32-29(38)41-31(5,6)7)33-23-21-43-25(24-16-14-18-42-24)19-34(27(23)36)20-26(35)40-30(2,3)4/h14,16,18,22-23,25,33H,8-13,15,17,19-21H2,1-7H3,(H,32,38)/t22?,23-,25-/m0/s1. The van der Waals surface area contributed by atoms with Gasteiger partial charge < -0.3 is 24.4 Å². The summed E-state index contributed by atoms with van der Waals surface area (Å²) >= 11 is 3.28. The van der Waals surface area contributed by atoms with E-state index in [0.29, 0.717) is 25.3 Å². The first-order valence-corrected chi connectivity index (χ1v) is 17.2. The molecule has 3 atom stereocenters. The van der Waals surface area contributed by atoms with Crippen molar-refractivity contribution in [3.63, 3.8) is 0 Å². The maximum Gasteiger partial charge on any atom is 0.407 e. The molecule has 1 aromatic heterocycles. The van der Waals surface area contributed by atoms with Gasteiger partial charge in [-0.15, -0.1) is 23.1 Å². The van der Waals surface area contributed by atoms with E-state index in [1.807, 2.05) is 38.3 Å². The fraction of sp³-hybridized carbons (Fsp3) is 0.742.